The molecular weight excluding hydrogens is 283 g/mol. The highest BCUT2D eigenvalue weighted by atomic mass is 35.5. The molecule has 19 heavy (non-hydrogen) atoms. The minimum atomic E-state index is -0.384. The minimum Gasteiger partial charge on any atom is -0.384 e. The zero-order chi connectivity index (χ0) is 13.8. The number of benzene rings is 2. The predicted octanol–water partition coefficient (Wildman–Crippen LogP) is 4.06. The molecule has 0 fully saturated rings. The molecule has 0 radical (unpaired) electrons. The second-order valence-electron chi connectivity index (χ2n) is 3.96. The molecule has 2 aromatic rings. The number of thioether (sulfide) groups is 1. The first-order chi connectivity index (χ1) is 9.06. The molecule has 2 rings (SSSR count). The van der Waals surface area contributed by atoms with Crippen LogP contribution in [0.25, 0.3) is 0 Å². The van der Waals surface area contributed by atoms with Crippen molar-refractivity contribution in [2.45, 2.75) is 10.6 Å². The van der Waals surface area contributed by atoms with Gasteiger partial charge < -0.3 is 5.73 Å². The van der Waals surface area contributed by atoms with Gasteiger partial charge in [0.25, 0.3) is 0 Å². The van der Waals surface area contributed by atoms with Crippen molar-refractivity contribution >= 4 is 29.2 Å². The highest BCUT2D eigenvalue weighted by molar-refractivity contribution is 7.98. The zero-order valence-corrected chi connectivity index (χ0v) is 11.6. The van der Waals surface area contributed by atoms with Crippen molar-refractivity contribution in [2.24, 2.45) is 5.73 Å². The average molecular weight is 295 g/mol. The monoisotopic (exact) mass is 294 g/mol. The normalized spacial score (nSPS) is 10.4. The van der Waals surface area contributed by atoms with Crippen LogP contribution in [0.5, 0.6) is 0 Å². The summed E-state index contributed by atoms with van der Waals surface area (Å²) in [7, 11) is 0. The van der Waals surface area contributed by atoms with Gasteiger partial charge in [-0.25, -0.2) is 4.39 Å². The molecule has 0 heterocycles. The summed E-state index contributed by atoms with van der Waals surface area (Å²) in [5.41, 5.74) is 6.75. The zero-order valence-electron chi connectivity index (χ0n) is 9.99. The Kier molecular flexibility index (Phi) is 4.45. The summed E-state index contributed by atoms with van der Waals surface area (Å²) in [6.07, 6.45) is 0. The van der Waals surface area contributed by atoms with Gasteiger partial charge in [0.15, 0.2) is 0 Å². The van der Waals surface area contributed by atoms with Crippen LogP contribution in [-0.4, -0.2) is 5.84 Å². The van der Waals surface area contributed by atoms with E-state index in [1.54, 1.807) is 17.8 Å². The Labute approximate surface area is 120 Å². The Morgan fingerprint density at radius 1 is 1.21 bits per heavy atom. The van der Waals surface area contributed by atoms with Crippen LogP contribution in [0, 0.1) is 11.2 Å². The van der Waals surface area contributed by atoms with Crippen molar-refractivity contribution in [1.29, 1.82) is 5.41 Å². The number of amidine groups is 1. The Morgan fingerprint density at radius 3 is 2.53 bits per heavy atom. The third kappa shape index (κ3) is 3.72. The highest BCUT2D eigenvalue weighted by Crippen LogP contribution is 2.26. The first-order valence-electron chi connectivity index (χ1n) is 5.57. The van der Waals surface area contributed by atoms with Crippen LogP contribution >= 0.6 is 23.4 Å². The van der Waals surface area contributed by atoms with Gasteiger partial charge in [-0.1, -0.05) is 17.7 Å². The summed E-state index contributed by atoms with van der Waals surface area (Å²) < 4.78 is 13.1. The van der Waals surface area contributed by atoms with E-state index in [1.807, 2.05) is 24.3 Å². The number of hydrogen-bond donors (Lipinski definition) is 2. The summed E-state index contributed by atoms with van der Waals surface area (Å²) >= 11 is 7.40. The molecule has 3 N–H and O–H groups in total. The third-order valence-corrected chi connectivity index (χ3v) is 3.88. The second kappa shape index (κ2) is 6.08. The summed E-state index contributed by atoms with van der Waals surface area (Å²) in [6, 6.07) is 11.8. The quantitative estimate of drug-likeness (QED) is 0.507. The summed E-state index contributed by atoms with van der Waals surface area (Å²) in [4.78, 5) is 1.06. The van der Waals surface area contributed by atoms with E-state index in [-0.39, 0.29) is 11.7 Å². The average Bonchev–Trinajstić information content (AvgIpc) is 2.39. The molecule has 2 nitrogen and oxygen atoms in total. The van der Waals surface area contributed by atoms with Crippen LogP contribution in [-0.2, 0) is 5.75 Å². The predicted molar refractivity (Wildman–Crippen MR) is 78.4 cm³/mol. The molecule has 0 aliphatic carbocycles. The molecule has 0 saturated heterocycles. The lowest BCUT2D eigenvalue weighted by Gasteiger charge is -2.08. The fraction of sp³-hybridized carbons (Fsp3) is 0.0714. The summed E-state index contributed by atoms with van der Waals surface area (Å²) in [5.74, 6) is 0.119. The van der Waals surface area contributed by atoms with E-state index >= 15 is 0 Å². The molecule has 0 aliphatic heterocycles. The van der Waals surface area contributed by atoms with E-state index in [2.05, 4.69) is 0 Å². The van der Waals surface area contributed by atoms with Gasteiger partial charge in [0.2, 0.25) is 0 Å². The van der Waals surface area contributed by atoms with E-state index in [4.69, 9.17) is 22.7 Å². The van der Waals surface area contributed by atoms with Gasteiger partial charge in [-0.05, 0) is 42.0 Å². The van der Waals surface area contributed by atoms with Gasteiger partial charge in [-0.3, -0.25) is 5.41 Å². The first-order valence-corrected chi connectivity index (χ1v) is 6.94. The van der Waals surface area contributed by atoms with E-state index in [0.29, 0.717) is 16.3 Å². The topological polar surface area (TPSA) is 49.9 Å². The lowest BCUT2D eigenvalue weighted by atomic mass is 10.1. The van der Waals surface area contributed by atoms with Gasteiger partial charge >= 0.3 is 0 Å². The molecular formula is C14H12ClFN2S. The Hall–Kier alpha value is -1.52. The van der Waals surface area contributed by atoms with Crippen LogP contribution in [0.3, 0.4) is 0 Å². The highest BCUT2D eigenvalue weighted by Gasteiger charge is 2.07. The van der Waals surface area contributed by atoms with E-state index < -0.39 is 0 Å². The maximum absolute atomic E-state index is 13.1. The minimum absolute atomic E-state index is 0.119. The fourth-order valence-corrected chi connectivity index (χ4v) is 2.65. The van der Waals surface area contributed by atoms with Crippen LogP contribution in [0.1, 0.15) is 11.1 Å². The van der Waals surface area contributed by atoms with Gasteiger partial charge in [0.05, 0.1) is 0 Å². The maximum atomic E-state index is 13.1. The van der Waals surface area contributed by atoms with Crippen molar-refractivity contribution in [3.63, 3.8) is 0 Å². The van der Waals surface area contributed by atoms with Gasteiger partial charge in [-0.2, -0.15) is 0 Å². The van der Waals surface area contributed by atoms with Crippen LogP contribution < -0.4 is 5.73 Å². The number of rotatable bonds is 4. The molecule has 5 heteroatoms. The largest absolute Gasteiger partial charge is 0.384 e. The van der Waals surface area contributed by atoms with Crippen LogP contribution in [0.15, 0.2) is 47.4 Å². The smallest absolute Gasteiger partial charge is 0.123 e. The molecule has 0 saturated carbocycles. The van der Waals surface area contributed by atoms with Crippen molar-refractivity contribution in [2.75, 3.05) is 0 Å². The van der Waals surface area contributed by atoms with Crippen LogP contribution in [0.4, 0.5) is 4.39 Å². The van der Waals surface area contributed by atoms with E-state index in [0.717, 1.165) is 10.5 Å². The van der Waals surface area contributed by atoms with Crippen molar-refractivity contribution in [3.05, 3.63) is 64.4 Å². The van der Waals surface area contributed by atoms with Gasteiger partial charge in [0.1, 0.15) is 11.7 Å². The molecule has 0 aromatic heterocycles. The molecule has 2 aromatic carbocycles. The maximum Gasteiger partial charge on any atom is 0.123 e. The lowest BCUT2D eigenvalue weighted by Crippen LogP contribution is -2.13. The Morgan fingerprint density at radius 2 is 1.89 bits per heavy atom. The van der Waals surface area contributed by atoms with Gasteiger partial charge in [-0.15, -0.1) is 11.8 Å². The lowest BCUT2D eigenvalue weighted by molar-refractivity contribution is 0.627. The van der Waals surface area contributed by atoms with Crippen molar-refractivity contribution < 1.29 is 4.39 Å². The number of hydrogen-bond acceptors (Lipinski definition) is 2. The number of nitrogens with two attached hydrogens (primary N) is 1. The summed E-state index contributed by atoms with van der Waals surface area (Å²) in [6.45, 7) is 0. The molecule has 0 aliphatic rings. The number of nitrogens with one attached hydrogen (secondary N) is 1. The van der Waals surface area contributed by atoms with E-state index in [9.17, 15) is 4.39 Å². The van der Waals surface area contributed by atoms with Crippen molar-refractivity contribution in [1.82, 2.24) is 0 Å². The van der Waals surface area contributed by atoms with Crippen LogP contribution in [0.2, 0.25) is 5.02 Å². The fourth-order valence-electron chi connectivity index (χ4n) is 1.62. The van der Waals surface area contributed by atoms with Crippen molar-refractivity contribution in [3.8, 4) is 0 Å². The SMILES string of the molecule is N=C(N)c1cc(F)ccc1CSc1ccc(Cl)cc1. The standard InChI is InChI=1S/C14H12ClFN2S/c15-10-2-5-12(6-3-10)19-8-9-1-4-11(16)7-13(9)14(17)18/h1-7H,8H2,(H3,17,18). The summed E-state index contributed by atoms with van der Waals surface area (Å²) in [5, 5.41) is 8.16. The Balaban J connectivity index is 2.15. The molecule has 0 atom stereocenters. The molecule has 0 amide bonds. The number of halogens is 2. The van der Waals surface area contributed by atoms with Gasteiger partial charge in [0, 0.05) is 21.2 Å². The molecule has 98 valence electrons. The second-order valence-corrected chi connectivity index (χ2v) is 5.44. The Bertz CT molecular complexity index is 599. The first kappa shape index (κ1) is 13.9. The molecule has 0 bridgehead atoms. The number of nitrogen functional groups attached to an aromatic ring is 1. The molecule has 0 unspecified atom stereocenters. The molecule has 0 spiro atoms. The third-order valence-electron chi connectivity index (χ3n) is 2.57. The van der Waals surface area contributed by atoms with E-state index in [1.165, 1.54) is 12.1 Å².